The van der Waals surface area contributed by atoms with Gasteiger partial charge >= 0.3 is 0 Å². The number of amides is 1. The fraction of sp³-hybridized carbons (Fsp3) is 0.700. The molecule has 3 atom stereocenters. The third-order valence-electron chi connectivity index (χ3n) is 6.56. The quantitative estimate of drug-likeness (QED) is 0.869. The van der Waals surface area contributed by atoms with Crippen molar-refractivity contribution in [2.45, 2.75) is 43.8 Å². The van der Waals surface area contributed by atoms with E-state index in [2.05, 4.69) is 9.88 Å². The number of nitrogens with two attached hydrogens (primary N) is 1. The molecule has 6 heteroatoms. The van der Waals surface area contributed by atoms with Crippen LogP contribution in [-0.4, -0.2) is 55.2 Å². The van der Waals surface area contributed by atoms with Gasteiger partial charge in [-0.2, -0.15) is 0 Å². The van der Waals surface area contributed by atoms with Gasteiger partial charge in [-0.3, -0.25) is 14.7 Å². The summed E-state index contributed by atoms with van der Waals surface area (Å²) in [4.78, 5) is 18.3. The number of methoxy groups -OCH3 is 1. The zero-order valence-corrected chi connectivity index (χ0v) is 15.5. The fourth-order valence-corrected chi connectivity index (χ4v) is 5.48. The summed E-state index contributed by atoms with van der Waals surface area (Å²) < 4.78 is 12.1. The Balaban J connectivity index is 1.61. The molecule has 3 fully saturated rings. The Kier molecular flexibility index (Phi) is 4.99. The number of hydrogen-bond acceptors (Lipinski definition) is 5. The number of nitrogens with zero attached hydrogens (tertiary/aromatic N) is 2. The average Bonchev–Trinajstić information content (AvgIpc) is 3.14. The average molecular weight is 359 g/mol. The number of rotatable bonds is 5. The van der Waals surface area contributed by atoms with Gasteiger partial charge in [-0.05, 0) is 43.4 Å². The lowest BCUT2D eigenvalue weighted by molar-refractivity contribution is -0.171. The van der Waals surface area contributed by atoms with Gasteiger partial charge in [0.15, 0.2) is 0 Å². The van der Waals surface area contributed by atoms with E-state index in [4.69, 9.17) is 15.2 Å². The molecule has 0 spiro atoms. The van der Waals surface area contributed by atoms with E-state index in [-0.39, 0.29) is 5.60 Å². The van der Waals surface area contributed by atoms with Crippen molar-refractivity contribution < 1.29 is 14.3 Å². The first-order chi connectivity index (χ1) is 12.6. The SMILES string of the molecule is COC1(c2ccnc(C(N)=O)c2)C2CCCC1CN(CC1CCCO1)C2. The van der Waals surface area contributed by atoms with Crippen LogP contribution in [0.5, 0.6) is 0 Å². The smallest absolute Gasteiger partial charge is 0.267 e. The molecule has 1 aromatic heterocycles. The molecule has 6 nitrogen and oxygen atoms in total. The molecule has 0 radical (unpaired) electrons. The predicted octanol–water partition coefficient (Wildman–Crippen LogP) is 1.93. The van der Waals surface area contributed by atoms with Gasteiger partial charge in [-0.15, -0.1) is 0 Å². The molecule has 1 amide bonds. The van der Waals surface area contributed by atoms with Crippen LogP contribution < -0.4 is 5.73 Å². The van der Waals surface area contributed by atoms with Crippen molar-refractivity contribution in [1.29, 1.82) is 0 Å². The first-order valence-electron chi connectivity index (χ1n) is 9.79. The van der Waals surface area contributed by atoms with E-state index < -0.39 is 5.91 Å². The van der Waals surface area contributed by atoms with E-state index in [1.165, 1.54) is 19.3 Å². The molecule has 0 aromatic carbocycles. The van der Waals surface area contributed by atoms with Gasteiger partial charge < -0.3 is 15.2 Å². The third-order valence-corrected chi connectivity index (χ3v) is 6.56. The molecular formula is C20H29N3O3. The van der Waals surface area contributed by atoms with Crippen LogP contribution in [0, 0.1) is 11.8 Å². The van der Waals surface area contributed by atoms with Crippen molar-refractivity contribution in [3.63, 3.8) is 0 Å². The summed E-state index contributed by atoms with van der Waals surface area (Å²) in [6.07, 6.45) is 7.94. The second-order valence-electron chi connectivity index (χ2n) is 7.97. The number of likely N-dealkylation sites (tertiary alicyclic amines) is 1. The number of ether oxygens (including phenoxy) is 2. The Bertz CT molecular complexity index is 645. The van der Waals surface area contributed by atoms with Gasteiger partial charge in [0.2, 0.25) is 0 Å². The maximum Gasteiger partial charge on any atom is 0.267 e. The Labute approximate surface area is 155 Å². The Morgan fingerprint density at radius 3 is 2.73 bits per heavy atom. The Morgan fingerprint density at radius 2 is 2.12 bits per heavy atom. The molecule has 26 heavy (non-hydrogen) atoms. The van der Waals surface area contributed by atoms with E-state index in [1.54, 1.807) is 6.20 Å². The van der Waals surface area contributed by atoms with Crippen LogP contribution in [0.1, 0.15) is 48.2 Å². The Morgan fingerprint density at radius 1 is 1.35 bits per heavy atom. The minimum atomic E-state index is -0.487. The Hall–Kier alpha value is -1.50. The first-order valence-corrected chi connectivity index (χ1v) is 9.79. The fourth-order valence-electron chi connectivity index (χ4n) is 5.48. The minimum Gasteiger partial charge on any atom is -0.377 e. The van der Waals surface area contributed by atoms with E-state index >= 15 is 0 Å². The lowest BCUT2D eigenvalue weighted by Gasteiger charge is -2.55. The highest BCUT2D eigenvalue weighted by atomic mass is 16.5. The zero-order chi connectivity index (χ0) is 18.1. The lowest BCUT2D eigenvalue weighted by atomic mass is 9.62. The second-order valence-corrected chi connectivity index (χ2v) is 7.97. The van der Waals surface area contributed by atoms with Gasteiger partial charge in [0, 0.05) is 51.4 Å². The number of hydrogen-bond donors (Lipinski definition) is 1. The third kappa shape index (κ3) is 3.04. The van der Waals surface area contributed by atoms with Crippen LogP contribution in [0.4, 0.5) is 0 Å². The monoisotopic (exact) mass is 359 g/mol. The van der Waals surface area contributed by atoms with E-state index in [9.17, 15) is 4.79 Å². The standard InChI is InChI=1S/C20H29N3O3/c1-25-20(14-7-8-22-18(10-14)19(21)24)15-4-2-5-16(20)12-23(11-15)13-17-6-3-9-26-17/h7-8,10,15-17H,2-6,9,11-13H2,1H3,(H2,21,24). The zero-order valence-electron chi connectivity index (χ0n) is 15.5. The van der Waals surface area contributed by atoms with Gasteiger partial charge in [-0.1, -0.05) is 6.42 Å². The molecule has 2 aliphatic heterocycles. The molecule has 1 aliphatic carbocycles. The van der Waals surface area contributed by atoms with Crippen molar-refractivity contribution in [3.05, 3.63) is 29.6 Å². The van der Waals surface area contributed by atoms with Crippen LogP contribution in [0.3, 0.4) is 0 Å². The van der Waals surface area contributed by atoms with Crippen molar-refractivity contribution in [3.8, 4) is 0 Å². The van der Waals surface area contributed by atoms with Crippen molar-refractivity contribution in [1.82, 2.24) is 9.88 Å². The predicted molar refractivity (Wildman–Crippen MR) is 97.7 cm³/mol. The molecule has 3 unspecified atom stereocenters. The summed E-state index contributed by atoms with van der Waals surface area (Å²) in [5.74, 6) is 0.327. The lowest BCUT2D eigenvalue weighted by Crippen LogP contribution is -2.59. The van der Waals surface area contributed by atoms with Crippen LogP contribution in [0.25, 0.3) is 0 Å². The van der Waals surface area contributed by atoms with Gasteiger partial charge in [0.25, 0.3) is 5.91 Å². The maximum atomic E-state index is 11.6. The molecule has 2 bridgehead atoms. The van der Waals surface area contributed by atoms with Crippen LogP contribution in [0.15, 0.2) is 18.3 Å². The topological polar surface area (TPSA) is 77.7 Å². The minimum absolute atomic E-state index is 0.318. The highest BCUT2D eigenvalue weighted by Gasteiger charge is 2.53. The summed E-state index contributed by atoms with van der Waals surface area (Å²) in [5.41, 5.74) is 6.48. The molecule has 2 N–H and O–H groups in total. The maximum absolute atomic E-state index is 11.6. The molecule has 1 aromatic rings. The number of primary amides is 1. The molecular weight excluding hydrogens is 330 g/mol. The summed E-state index contributed by atoms with van der Waals surface area (Å²) >= 11 is 0. The van der Waals surface area contributed by atoms with Gasteiger partial charge in [0.05, 0.1) is 6.10 Å². The van der Waals surface area contributed by atoms with E-state index in [0.29, 0.717) is 23.6 Å². The van der Waals surface area contributed by atoms with Crippen LogP contribution in [0.2, 0.25) is 0 Å². The molecule has 142 valence electrons. The normalized spacial score (nSPS) is 34.7. The molecule has 1 saturated carbocycles. The second kappa shape index (κ2) is 7.25. The summed E-state index contributed by atoms with van der Waals surface area (Å²) in [6.45, 7) is 3.95. The summed E-state index contributed by atoms with van der Waals surface area (Å²) in [7, 11) is 1.81. The van der Waals surface area contributed by atoms with E-state index in [1.807, 2.05) is 19.2 Å². The van der Waals surface area contributed by atoms with Crippen molar-refractivity contribution >= 4 is 5.91 Å². The molecule has 2 saturated heterocycles. The largest absolute Gasteiger partial charge is 0.377 e. The first kappa shape index (κ1) is 17.9. The van der Waals surface area contributed by atoms with Gasteiger partial charge in [-0.25, -0.2) is 0 Å². The number of carbonyl (C=O) groups is 1. The highest BCUT2D eigenvalue weighted by molar-refractivity contribution is 5.90. The number of piperidine rings is 1. The van der Waals surface area contributed by atoms with E-state index in [0.717, 1.165) is 44.6 Å². The summed E-state index contributed by atoms with van der Waals surface area (Å²) in [6, 6.07) is 3.84. The number of aromatic nitrogens is 1. The van der Waals surface area contributed by atoms with Crippen LogP contribution >= 0.6 is 0 Å². The molecule has 3 heterocycles. The van der Waals surface area contributed by atoms with Crippen molar-refractivity contribution in [2.75, 3.05) is 33.4 Å². The van der Waals surface area contributed by atoms with Crippen LogP contribution in [-0.2, 0) is 15.1 Å². The number of pyridine rings is 1. The molecule has 4 rings (SSSR count). The number of carbonyl (C=O) groups excluding carboxylic acids is 1. The molecule has 3 aliphatic rings. The van der Waals surface area contributed by atoms with Crippen molar-refractivity contribution in [2.24, 2.45) is 17.6 Å². The summed E-state index contributed by atoms with van der Waals surface area (Å²) in [5, 5.41) is 0. The number of fused-ring (bicyclic) bond motifs is 2. The van der Waals surface area contributed by atoms with Gasteiger partial charge in [0.1, 0.15) is 11.3 Å². The highest BCUT2D eigenvalue weighted by Crippen LogP contribution is 2.51.